The molecule has 4 nitrogen and oxygen atoms in total. The lowest BCUT2D eigenvalue weighted by atomic mass is 10.1. The number of carbonyl (C=O) groups excluding carboxylic acids is 2. The van der Waals surface area contributed by atoms with Crippen LogP contribution >= 0.6 is 0 Å². The smallest absolute Gasteiger partial charge is 0.416 e. The molecular weight excluding hydrogens is 299 g/mol. The maximum Gasteiger partial charge on any atom is 0.416 e. The molecule has 0 aliphatic carbocycles. The molecule has 0 saturated heterocycles. The van der Waals surface area contributed by atoms with E-state index in [1.807, 2.05) is 13.8 Å². The number of nitrogens with zero attached hydrogens (tertiary/aromatic N) is 1. The van der Waals surface area contributed by atoms with Crippen LogP contribution in [0.2, 0.25) is 0 Å². The Bertz CT molecular complexity index is 611. The Labute approximate surface area is 125 Å². The molecule has 1 aliphatic heterocycles. The molecule has 0 bridgehead atoms. The standard InChI is InChI=1S/C15H16F3NO3/c1-8(2)7-19-13(21)11-5-4-10(15(16,17)18)6-12(11)14(19)22-9(3)20/h4-6,8,14H,7H2,1-3H3. The summed E-state index contributed by atoms with van der Waals surface area (Å²) in [6.07, 6.45) is -5.63. The van der Waals surface area contributed by atoms with Crippen molar-refractivity contribution in [1.29, 1.82) is 0 Å². The number of benzene rings is 1. The highest BCUT2D eigenvalue weighted by atomic mass is 19.4. The topological polar surface area (TPSA) is 46.6 Å². The van der Waals surface area contributed by atoms with E-state index in [4.69, 9.17) is 4.74 Å². The summed E-state index contributed by atoms with van der Waals surface area (Å²) in [6, 6.07) is 2.87. The van der Waals surface area contributed by atoms with Crippen LogP contribution in [0.15, 0.2) is 18.2 Å². The number of carbonyl (C=O) groups is 2. The first-order valence-corrected chi connectivity index (χ1v) is 6.80. The summed E-state index contributed by atoms with van der Waals surface area (Å²) in [5, 5.41) is 0. The molecule has 1 aromatic carbocycles. The van der Waals surface area contributed by atoms with Gasteiger partial charge in [-0.15, -0.1) is 0 Å². The zero-order chi connectivity index (χ0) is 16.7. The van der Waals surface area contributed by atoms with E-state index in [2.05, 4.69) is 0 Å². The minimum atomic E-state index is -4.52. The average Bonchev–Trinajstić information content (AvgIpc) is 2.62. The molecule has 0 aromatic heterocycles. The fourth-order valence-electron chi connectivity index (χ4n) is 2.42. The predicted molar refractivity (Wildman–Crippen MR) is 71.8 cm³/mol. The zero-order valence-electron chi connectivity index (χ0n) is 12.4. The van der Waals surface area contributed by atoms with Gasteiger partial charge in [0, 0.05) is 24.6 Å². The first-order chi connectivity index (χ1) is 10.1. The highest BCUT2D eigenvalue weighted by Crippen LogP contribution is 2.39. The normalized spacial score (nSPS) is 17.9. The lowest BCUT2D eigenvalue weighted by Gasteiger charge is -2.26. The first-order valence-electron chi connectivity index (χ1n) is 6.80. The van der Waals surface area contributed by atoms with Gasteiger partial charge in [-0.1, -0.05) is 13.8 Å². The fourth-order valence-corrected chi connectivity index (χ4v) is 2.42. The van der Waals surface area contributed by atoms with Crippen molar-refractivity contribution in [1.82, 2.24) is 4.90 Å². The van der Waals surface area contributed by atoms with Crippen molar-refractivity contribution in [2.24, 2.45) is 5.92 Å². The van der Waals surface area contributed by atoms with E-state index < -0.39 is 29.8 Å². The van der Waals surface area contributed by atoms with Gasteiger partial charge in [-0.25, -0.2) is 0 Å². The number of hydrogen-bond donors (Lipinski definition) is 0. The molecule has 1 unspecified atom stereocenters. The van der Waals surface area contributed by atoms with E-state index in [9.17, 15) is 22.8 Å². The highest BCUT2D eigenvalue weighted by molar-refractivity contribution is 5.99. The van der Waals surface area contributed by atoms with E-state index in [1.54, 1.807) is 0 Å². The molecule has 0 radical (unpaired) electrons. The fraction of sp³-hybridized carbons (Fsp3) is 0.467. The van der Waals surface area contributed by atoms with E-state index in [-0.39, 0.29) is 23.6 Å². The second-order valence-electron chi connectivity index (χ2n) is 5.61. The molecule has 2 rings (SSSR count). The largest absolute Gasteiger partial charge is 0.437 e. The lowest BCUT2D eigenvalue weighted by molar-refractivity contribution is -0.154. The van der Waals surface area contributed by atoms with Crippen LogP contribution in [-0.2, 0) is 15.7 Å². The molecular formula is C15H16F3NO3. The van der Waals surface area contributed by atoms with E-state index in [0.717, 1.165) is 25.1 Å². The lowest BCUT2D eigenvalue weighted by Crippen LogP contribution is -2.33. The average molecular weight is 315 g/mol. The van der Waals surface area contributed by atoms with Gasteiger partial charge in [-0.3, -0.25) is 14.5 Å². The predicted octanol–water partition coefficient (Wildman–Crippen LogP) is 3.38. The van der Waals surface area contributed by atoms with Crippen molar-refractivity contribution in [2.45, 2.75) is 33.2 Å². The van der Waals surface area contributed by atoms with Crippen LogP contribution < -0.4 is 0 Å². The summed E-state index contributed by atoms with van der Waals surface area (Å²) in [5.74, 6) is -1.00. The Morgan fingerprint density at radius 1 is 1.36 bits per heavy atom. The minimum Gasteiger partial charge on any atom is -0.437 e. The van der Waals surface area contributed by atoms with Crippen molar-refractivity contribution in [3.63, 3.8) is 0 Å². The highest BCUT2D eigenvalue weighted by Gasteiger charge is 2.41. The third kappa shape index (κ3) is 3.08. The maximum atomic E-state index is 12.8. The van der Waals surface area contributed by atoms with Gasteiger partial charge in [0.15, 0.2) is 0 Å². The Kier molecular flexibility index (Phi) is 4.17. The van der Waals surface area contributed by atoms with Crippen LogP contribution in [-0.4, -0.2) is 23.3 Å². The molecule has 7 heteroatoms. The van der Waals surface area contributed by atoms with Gasteiger partial charge in [0.25, 0.3) is 5.91 Å². The number of fused-ring (bicyclic) bond motifs is 1. The van der Waals surface area contributed by atoms with Gasteiger partial charge in [-0.2, -0.15) is 13.2 Å². The van der Waals surface area contributed by atoms with Crippen LogP contribution in [0.25, 0.3) is 0 Å². The molecule has 1 heterocycles. The molecule has 1 aromatic rings. The van der Waals surface area contributed by atoms with Gasteiger partial charge in [0.2, 0.25) is 6.23 Å². The summed E-state index contributed by atoms with van der Waals surface area (Å²) in [7, 11) is 0. The number of rotatable bonds is 3. The maximum absolute atomic E-state index is 12.8. The minimum absolute atomic E-state index is 0.0793. The van der Waals surface area contributed by atoms with Gasteiger partial charge in [0.05, 0.1) is 5.56 Å². The SMILES string of the molecule is CC(=O)OC1c2cc(C(F)(F)F)ccc2C(=O)N1CC(C)C. The molecule has 1 atom stereocenters. The molecule has 0 fully saturated rings. The Morgan fingerprint density at radius 2 is 2.00 bits per heavy atom. The van der Waals surface area contributed by atoms with E-state index >= 15 is 0 Å². The number of halogens is 3. The Morgan fingerprint density at radius 3 is 2.50 bits per heavy atom. The molecule has 0 saturated carbocycles. The zero-order valence-corrected chi connectivity index (χ0v) is 12.4. The number of esters is 1. The second kappa shape index (κ2) is 5.62. The summed E-state index contributed by atoms with van der Waals surface area (Å²) >= 11 is 0. The summed E-state index contributed by atoms with van der Waals surface area (Å²) in [6.45, 7) is 5.17. The number of amides is 1. The third-order valence-corrected chi connectivity index (χ3v) is 3.26. The molecule has 0 spiro atoms. The van der Waals surface area contributed by atoms with Crippen molar-refractivity contribution >= 4 is 11.9 Å². The number of alkyl halides is 3. The monoisotopic (exact) mass is 315 g/mol. The number of hydrogen-bond acceptors (Lipinski definition) is 3. The summed E-state index contributed by atoms with van der Waals surface area (Å²) < 4.78 is 43.6. The van der Waals surface area contributed by atoms with Crippen LogP contribution in [0.1, 0.15) is 48.5 Å². The quantitative estimate of drug-likeness (QED) is 0.803. The van der Waals surface area contributed by atoms with E-state index in [1.165, 1.54) is 4.90 Å². The van der Waals surface area contributed by atoms with Crippen LogP contribution in [0.3, 0.4) is 0 Å². The summed E-state index contributed by atoms with van der Waals surface area (Å²) in [4.78, 5) is 24.9. The van der Waals surface area contributed by atoms with Crippen LogP contribution in [0, 0.1) is 5.92 Å². The van der Waals surface area contributed by atoms with Crippen molar-refractivity contribution in [3.05, 3.63) is 34.9 Å². The van der Waals surface area contributed by atoms with Gasteiger partial charge >= 0.3 is 12.1 Å². The van der Waals surface area contributed by atoms with Crippen molar-refractivity contribution in [2.75, 3.05) is 6.54 Å². The third-order valence-electron chi connectivity index (χ3n) is 3.26. The second-order valence-corrected chi connectivity index (χ2v) is 5.61. The van der Waals surface area contributed by atoms with Crippen molar-refractivity contribution < 1.29 is 27.5 Å². The van der Waals surface area contributed by atoms with Crippen molar-refractivity contribution in [3.8, 4) is 0 Å². The summed E-state index contributed by atoms with van der Waals surface area (Å²) in [5.41, 5.74) is -0.654. The molecule has 22 heavy (non-hydrogen) atoms. The van der Waals surface area contributed by atoms with Crippen LogP contribution in [0.4, 0.5) is 13.2 Å². The van der Waals surface area contributed by atoms with Gasteiger partial charge in [-0.05, 0) is 24.1 Å². The first kappa shape index (κ1) is 16.3. The van der Waals surface area contributed by atoms with Gasteiger partial charge < -0.3 is 4.74 Å². The molecule has 1 aliphatic rings. The number of ether oxygens (including phenoxy) is 1. The molecule has 1 amide bonds. The van der Waals surface area contributed by atoms with Crippen LogP contribution in [0.5, 0.6) is 0 Å². The van der Waals surface area contributed by atoms with E-state index in [0.29, 0.717) is 0 Å². The Balaban J connectivity index is 2.48. The Hall–Kier alpha value is -2.05. The van der Waals surface area contributed by atoms with Gasteiger partial charge in [0.1, 0.15) is 0 Å². The molecule has 0 N–H and O–H groups in total. The molecule has 120 valence electrons.